The van der Waals surface area contributed by atoms with Gasteiger partial charge in [0, 0.05) is 13.1 Å². The van der Waals surface area contributed by atoms with Crippen LogP contribution in [0.25, 0.3) is 0 Å². The zero-order valence-corrected chi connectivity index (χ0v) is 14.5. The Bertz CT molecular complexity index is 742. The van der Waals surface area contributed by atoms with Crippen LogP contribution in [0.3, 0.4) is 0 Å². The molecule has 2 heterocycles. The summed E-state index contributed by atoms with van der Waals surface area (Å²) < 4.78 is 5.18. The minimum absolute atomic E-state index is 0.132. The molecular weight excluding hydrogens is 318 g/mol. The van der Waals surface area contributed by atoms with Gasteiger partial charge in [-0.15, -0.1) is 0 Å². The molecule has 0 saturated carbocycles. The van der Waals surface area contributed by atoms with Gasteiger partial charge in [0.1, 0.15) is 0 Å². The Morgan fingerprint density at radius 2 is 2.04 bits per heavy atom. The fraction of sp³-hybridized carbons (Fsp3) is 0.368. The first-order valence-corrected chi connectivity index (χ1v) is 8.50. The molecule has 1 aromatic carbocycles. The summed E-state index contributed by atoms with van der Waals surface area (Å²) in [6.45, 7) is 3.91. The lowest BCUT2D eigenvalue weighted by Gasteiger charge is -2.30. The number of hydrogen-bond acceptors (Lipinski definition) is 4. The van der Waals surface area contributed by atoms with Crippen LogP contribution in [0.1, 0.15) is 34.3 Å². The number of furan rings is 1. The van der Waals surface area contributed by atoms with Crippen molar-refractivity contribution in [1.29, 1.82) is 0 Å². The Hall–Kier alpha value is -2.60. The summed E-state index contributed by atoms with van der Waals surface area (Å²) in [7, 11) is 1.64. The van der Waals surface area contributed by atoms with Gasteiger partial charge in [-0.3, -0.25) is 9.59 Å². The molecule has 1 fully saturated rings. The number of amides is 2. The fourth-order valence-electron chi connectivity index (χ4n) is 3.11. The van der Waals surface area contributed by atoms with E-state index in [1.807, 2.05) is 6.07 Å². The van der Waals surface area contributed by atoms with Gasteiger partial charge in [0.25, 0.3) is 11.8 Å². The van der Waals surface area contributed by atoms with Crippen molar-refractivity contribution in [3.8, 4) is 0 Å². The van der Waals surface area contributed by atoms with Crippen molar-refractivity contribution in [3.05, 3.63) is 54.0 Å². The minimum Gasteiger partial charge on any atom is -0.459 e. The normalized spacial score (nSPS) is 20.1. The molecule has 6 nitrogen and oxygen atoms in total. The Balaban J connectivity index is 1.80. The first kappa shape index (κ1) is 17.2. The molecule has 2 atom stereocenters. The van der Waals surface area contributed by atoms with Crippen molar-refractivity contribution in [2.45, 2.75) is 19.4 Å². The van der Waals surface area contributed by atoms with Gasteiger partial charge in [-0.05, 0) is 49.7 Å². The van der Waals surface area contributed by atoms with Crippen LogP contribution < -0.4 is 15.5 Å². The third-order valence-corrected chi connectivity index (χ3v) is 4.65. The van der Waals surface area contributed by atoms with E-state index in [0.717, 1.165) is 19.5 Å². The maximum absolute atomic E-state index is 12.8. The number of nitrogens with zero attached hydrogens (tertiary/aromatic N) is 1. The van der Waals surface area contributed by atoms with Gasteiger partial charge in [-0.2, -0.15) is 0 Å². The van der Waals surface area contributed by atoms with Crippen molar-refractivity contribution < 1.29 is 14.0 Å². The highest BCUT2D eigenvalue weighted by molar-refractivity contribution is 6.09. The molecule has 1 aromatic heterocycles. The molecule has 1 aliphatic rings. The second kappa shape index (κ2) is 7.53. The van der Waals surface area contributed by atoms with Crippen LogP contribution >= 0.6 is 0 Å². The van der Waals surface area contributed by atoms with Crippen molar-refractivity contribution in [2.24, 2.45) is 5.92 Å². The van der Waals surface area contributed by atoms with Gasteiger partial charge in [-0.25, -0.2) is 0 Å². The Morgan fingerprint density at radius 3 is 2.76 bits per heavy atom. The molecule has 3 rings (SSSR count). The van der Waals surface area contributed by atoms with E-state index < -0.39 is 0 Å². The zero-order valence-electron chi connectivity index (χ0n) is 14.5. The van der Waals surface area contributed by atoms with E-state index in [9.17, 15) is 9.59 Å². The summed E-state index contributed by atoms with van der Waals surface area (Å²) in [5.74, 6) is 0.158. The molecule has 132 valence electrons. The average molecular weight is 341 g/mol. The number of anilines is 1. The Kier molecular flexibility index (Phi) is 5.19. The van der Waals surface area contributed by atoms with Gasteiger partial charge >= 0.3 is 0 Å². The molecule has 0 radical (unpaired) electrons. The van der Waals surface area contributed by atoms with E-state index in [0.29, 0.717) is 17.2 Å². The van der Waals surface area contributed by atoms with Gasteiger partial charge in [-0.1, -0.05) is 19.1 Å². The second-order valence-electron chi connectivity index (χ2n) is 6.41. The topological polar surface area (TPSA) is 74.6 Å². The summed E-state index contributed by atoms with van der Waals surface area (Å²) in [4.78, 5) is 26.8. The summed E-state index contributed by atoms with van der Waals surface area (Å²) in [5.41, 5.74) is 1.04. The van der Waals surface area contributed by atoms with Crippen LogP contribution in [0.4, 0.5) is 5.69 Å². The molecular formula is C19H23N3O3. The van der Waals surface area contributed by atoms with E-state index in [4.69, 9.17) is 4.42 Å². The quantitative estimate of drug-likeness (QED) is 0.895. The summed E-state index contributed by atoms with van der Waals surface area (Å²) in [5, 5.41) is 6.44. The van der Waals surface area contributed by atoms with Gasteiger partial charge in [0.05, 0.1) is 17.5 Å². The van der Waals surface area contributed by atoms with E-state index in [1.54, 1.807) is 37.4 Å². The molecule has 2 aromatic rings. The number of nitrogens with one attached hydrogen (secondary N) is 2. The number of hydrogen-bond donors (Lipinski definition) is 2. The van der Waals surface area contributed by atoms with Crippen LogP contribution in [-0.4, -0.2) is 38.0 Å². The van der Waals surface area contributed by atoms with Crippen LogP contribution in [0.15, 0.2) is 47.1 Å². The zero-order chi connectivity index (χ0) is 17.8. The van der Waals surface area contributed by atoms with E-state index in [2.05, 4.69) is 17.6 Å². The molecule has 2 N–H and O–H groups in total. The highest BCUT2D eigenvalue weighted by atomic mass is 16.3. The number of piperidine rings is 1. The monoisotopic (exact) mass is 341 g/mol. The lowest BCUT2D eigenvalue weighted by molar-refractivity contribution is 0.0914. The Morgan fingerprint density at radius 1 is 1.24 bits per heavy atom. The number of benzene rings is 1. The van der Waals surface area contributed by atoms with Gasteiger partial charge in [0.15, 0.2) is 5.76 Å². The summed E-state index contributed by atoms with van der Waals surface area (Å²) >= 11 is 0. The lowest BCUT2D eigenvalue weighted by atomic mass is 9.95. The van der Waals surface area contributed by atoms with Crippen LogP contribution in [0.5, 0.6) is 0 Å². The predicted octanol–water partition coefficient (Wildman–Crippen LogP) is 2.28. The minimum atomic E-state index is -0.291. The number of carbonyl (C=O) groups is 2. The standard InChI is InChI=1S/C19H23N3O3/c1-13-12-20-10-9-15(13)21-18(23)14-6-3-4-7-16(14)22(2)19(24)17-8-5-11-25-17/h3-8,11,13,15,20H,9-10,12H2,1-2H3,(H,21,23). The first-order chi connectivity index (χ1) is 12.1. The van der Waals surface area contributed by atoms with Crippen molar-refractivity contribution in [1.82, 2.24) is 10.6 Å². The highest BCUT2D eigenvalue weighted by Crippen LogP contribution is 2.22. The number of para-hydroxylation sites is 1. The summed E-state index contributed by atoms with van der Waals surface area (Å²) in [6.07, 6.45) is 2.36. The van der Waals surface area contributed by atoms with E-state index >= 15 is 0 Å². The van der Waals surface area contributed by atoms with Crippen molar-refractivity contribution in [2.75, 3.05) is 25.0 Å². The molecule has 0 spiro atoms. The fourth-order valence-corrected chi connectivity index (χ4v) is 3.11. The van der Waals surface area contributed by atoms with Gasteiger partial charge < -0.3 is 20.0 Å². The SMILES string of the molecule is CC1CNCCC1NC(=O)c1ccccc1N(C)C(=O)c1ccco1. The van der Waals surface area contributed by atoms with E-state index in [-0.39, 0.29) is 23.6 Å². The molecule has 6 heteroatoms. The van der Waals surface area contributed by atoms with Crippen LogP contribution in [-0.2, 0) is 0 Å². The third-order valence-electron chi connectivity index (χ3n) is 4.65. The smallest absolute Gasteiger partial charge is 0.293 e. The average Bonchev–Trinajstić information content (AvgIpc) is 3.17. The third kappa shape index (κ3) is 3.74. The molecule has 2 unspecified atom stereocenters. The Labute approximate surface area is 147 Å². The molecule has 2 amide bonds. The van der Waals surface area contributed by atoms with E-state index in [1.165, 1.54) is 11.2 Å². The molecule has 0 aliphatic carbocycles. The second-order valence-corrected chi connectivity index (χ2v) is 6.41. The number of rotatable bonds is 4. The first-order valence-electron chi connectivity index (χ1n) is 8.50. The molecule has 0 bridgehead atoms. The predicted molar refractivity (Wildman–Crippen MR) is 95.8 cm³/mol. The molecule has 1 aliphatic heterocycles. The largest absolute Gasteiger partial charge is 0.459 e. The summed E-state index contributed by atoms with van der Waals surface area (Å²) in [6, 6.07) is 10.5. The van der Waals surface area contributed by atoms with Gasteiger partial charge in [0.2, 0.25) is 0 Å². The number of carbonyl (C=O) groups excluding carboxylic acids is 2. The maximum atomic E-state index is 12.8. The van der Waals surface area contributed by atoms with Crippen LogP contribution in [0.2, 0.25) is 0 Å². The maximum Gasteiger partial charge on any atom is 0.293 e. The lowest BCUT2D eigenvalue weighted by Crippen LogP contribution is -2.48. The van der Waals surface area contributed by atoms with Crippen molar-refractivity contribution in [3.63, 3.8) is 0 Å². The molecule has 25 heavy (non-hydrogen) atoms. The highest BCUT2D eigenvalue weighted by Gasteiger charge is 2.26. The van der Waals surface area contributed by atoms with Crippen molar-refractivity contribution >= 4 is 17.5 Å². The molecule has 1 saturated heterocycles. The van der Waals surface area contributed by atoms with Crippen LogP contribution in [0, 0.1) is 5.92 Å².